The monoisotopic (exact) mass is 252 g/mol. The summed E-state index contributed by atoms with van der Waals surface area (Å²) < 4.78 is 0. The highest BCUT2D eigenvalue weighted by molar-refractivity contribution is 9.09. The van der Waals surface area contributed by atoms with Gasteiger partial charge >= 0.3 is 0 Å². The van der Waals surface area contributed by atoms with E-state index in [-0.39, 0.29) is 0 Å². The third-order valence-electron chi connectivity index (χ3n) is 3.07. The molecule has 0 atom stereocenters. The molecule has 0 fully saturated rings. The minimum absolute atomic E-state index is 1.12. The predicted molar refractivity (Wildman–Crippen MR) is 65.2 cm³/mol. The lowest BCUT2D eigenvalue weighted by molar-refractivity contribution is 0.676. The zero-order valence-electron chi connectivity index (χ0n) is 8.56. The van der Waals surface area contributed by atoms with Crippen LogP contribution in [0.1, 0.15) is 36.0 Å². The molecule has 14 heavy (non-hydrogen) atoms. The van der Waals surface area contributed by atoms with Crippen LogP contribution in [0.2, 0.25) is 0 Å². The maximum atomic E-state index is 3.50. The molecule has 0 saturated heterocycles. The predicted octanol–water partition coefficient (Wildman–Crippen LogP) is 3.89. The van der Waals surface area contributed by atoms with Gasteiger partial charge < -0.3 is 0 Å². The second kappa shape index (κ2) is 4.97. The molecule has 1 aliphatic rings. The fourth-order valence-corrected chi connectivity index (χ4v) is 2.63. The van der Waals surface area contributed by atoms with Crippen LogP contribution in [0.5, 0.6) is 0 Å². The van der Waals surface area contributed by atoms with Gasteiger partial charge in [0.1, 0.15) is 0 Å². The fraction of sp³-hybridized carbons (Fsp3) is 0.538. The van der Waals surface area contributed by atoms with Crippen molar-refractivity contribution in [2.24, 2.45) is 0 Å². The molecule has 76 valence electrons. The van der Waals surface area contributed by atoms with E-state index in [2.05, 4.69) is 34.1 Å². The van der Waals surface area contributed by atoms with Gasteiger partial charge in [0.15, 0.2) is 0 Å². The fourth-order valence-electron chi connectivity index (χ4n) is 2.35. The van der Waals surface area contributed by atoms with E-state index in [0.29, 0.717) is 0 Å². The Kier molecular flexibility index (Phi) is 3.63. The van der Waals surface area contributed by atoms with Gasteiger partial charge in [-0.1, -0.05) is 34.1 Å². The maximum Gasteiger partial charge on any atom is 0.00344 e. The van der Waals surface area contributed by atoms with Crippen LogP contribution in [-0.2, 0) is 19.3 Å². The van der Waals surface area contributed by atoms with Crippen molar-refractivity contribution in [3.05, 3.63) is 34.9 Å². The Morgan fingerprint density at radius 2 is 2.00 bits per heavy atom. The van der Waals surface area contributed by atoms with Gasteiger partial charge in [-0.05, 0) is 55.2 Å². The average Bonchev–Trinajstić information content (AvgIpc) is 2.26. The molecule has 0 bridgehead atoms. The van der Waals surface area contributed by atoms with Gasteiger partial charge in [-0.3, -0.25) is 0 Å². The maximum absolute atomic E-state index is 3.50. The zero-order chi connectivity index (χ0) is 9.80. The van der Waals surface area contributed by atoms with E-state index < -0.39 is 0 Å². The molecular formula is C13H17Br. The number of halogens is 1. The lowest BCUT2D eigenvalue weighted by Crippen LogP contribution is -2.06. The van der Waals surface area contributed by atoms with Gasteiger partial charge in [-0.2, -0.15) is 0 Å². The summed E-state index contributed by atoms with van der Waals surface area (Å²) in [6, 6.07) is 6.85. The minimum atomic E-state index is 1.12. The summed E-state index contributed by atoms with van der Waals surface area (Å²) in [5.74, 6) is 0. The number of aryl methyl sites for hydroxylation is 2. The number of fused-ring (bicyclic) bond motifs is 1. The Bertz CT molecular complexity index is 304. The van der Waals surface area contributed by atoms with Crippen molar-refractivity contribution in [2.75, 3.05) is 5.33 Å². The summed E-state index contributed by atoms with van der Waals surface area (Å²) in [4.78, 5) is 0. The third-order valence-corrected chi connectivity index (χ3v) is 3.63. The summed E-state index contributed by atoms with van der Waals surface area (Å²) in [6.45, 7) is 0. The largest absolute Gasteiger partial charge is 0.0928 e. The van der Waals surface area contributed by atoms with Crippen LogP contribution >= 0.6 is 15.9 Å². The zero-order valence-corrected chi connectivity index (χ0v) is 10.1. The molecule has 0 nitrogen and oxygen atoms in total. The van der Waals surface area contributed by atoms with Crippen LogP contribution in [0.4, 0.5) is 0 Å². The highest BCUT2D eigenvalue weighted by Crippen LogP contribution is 2.25. The summed E-state index contributed by atoms with van der Waals surface area (Å²) in [6.07, 6.45) is 7.89. The Labute approximate surface area is 94.8 Å². The molecule has 0 spiro atoms. The molecular weight excluding hydrogens is 236 g/mol. The molecule has 0 unspecified atom stereocenters. The Balaban J connectivity index is 2.21. The summed E-state index contributed by atoms with van der Waals surface area (Å²) in [5.41, 5.74) is 4.88. The van der Waals surface area contributed by atoms with Gasteiger partial charge in [-0.25, -0.2) is 0 Å². The molecule has 1 aliphatic carbocycles. The molecule has 0 saturated carbocycles. The first-order valence-corrected chi connectivity index (χ1v) is 6.69. The van der Waals surface area contributed by atoms with Gasteiger partial charge in [0.05, 0.1) is 0 Å². The van der Waals surface area contributed by atoms with Crippen LogP contribution in [0, 0.1) is 0 Å². The average molecular weight is 253 g/mol. The Morgan fingerprint density at radius 1 is 1.14 bits per heavy atom. The van der Waals surface area contributed by atoms with Crippen LogP contribution in [0.15, 0.2) is 18.2 Å². The summed E-state index contributed by atoms with van der Waals surface area (Å²) in [5, 5.41) is 1.12. The molecule has 1 aromatic carbocycles. The Hall–Kier alpha value is -0.300. The molecule has 1 heteroatoms. The van der Waals surface area contributed by atoms with Crippen molar-refractivity contribution in [2.45, 2.75) is 38.5 Å². The topological polar surface area (TPSA) is 0 Å². The van der Waals surface area contributed by atoms with Crippen molar-refractivity contribution >= 4 is 15.9 Å². The molecule has 0 amide bonds. The van der Waals surface area contributed by atoms with Crippen molar-refractivity contribution < 1.29 is 0 Å². The van der Waals surface area contributed by atoms with E-state index in [4.69, 9.17) is 0 Å². The number of alkyl halides is 1. The molecule has 0 aliphatic heterocycles. The number of rotatable bonds is 3. The van der Waals surface area contributed by atoms with E-state index in [1.54, 1.807) is 16.7 Å². The van der Waals surface area contributed by atoms with Gasteiger partial charge in [0, 0.05) is 5.33 Å². The van der Waals surface area contributed by atoms with E-state index in [1.807, 2.05) is 0 Å². The molecule has 1 aromatic rings. The SMILES string of the molecule is BrCCCc1cccc2c1CCCC2. The van der Waals surface area contributed by atoms with Gasteiger partial charge in [0.2, 0.25) is 0 Å². The van der Waals surface area contributed by atoms with Crippen molar-refractivity contribution in [3.63, 3.8) is 0 Å². The van der Waals surface area contributed by atoms with Gasteiger partial charge in [-0.15, -0.1) is 0 Å². The van der Waals surface area contributed by atoms with Crippen molar-refractivity contribution in [1.82, 2.24) is 0 Å². The second-order valence-electron chi connectivity index (χ2n) is 4.05. The van der Waals surface area contributed by atoms with E-state index in [0.717, 1.165) is 5.33 Å². The molecule has 0 aromatic heterocycles. The smallest absolute Gasteiger partial charge is 0.00344 e. The number of hydrogen-bond donors (Lipinski definition) is 0. The Morgan fingerprint density at radius 3 is 2.86 bits per heavy atom. The van der Waals surface area contributed by atoms with Crippen LogP contribution in [0.3, 0.4) is 0 Å². The normalized spacial score (nSPS) is 15.2. The van der Waals surface area contributed by atoms with Gasteiger partial charge in [0.25, 0.3) is 0 Å². The quantitative estimate of drug-likeness (QED) is 0.717. The van der Waals surface area contributed by atoms with Crippen LogP contribution < -0.4 is 0 Å². The molecule has 0 radical (unpaired) electrons. The first-order valence-electron chi connectivity index (χ1n) is 5.57. The molecule has 0 heterocycles. The lowest BCUT2D eigenvalue weighted by atomic mass is 9.87. The van der Waals surface area contributed by atoms with E-state index in [9.17, 15) is 0 Å². The van der Waals surface area contributed by atoms with E-state index in [1.165, 1.54) is 38.5 Å². The standard InChI is InChI=1S/C13H17Br/c14-10-4-8-12-7-3-6-11-5-1-2-9-13(11)12/h3,6-7H,1-2,4-5,8-10H2. The number of hydrogen-bond acceptors (Lipinski definition) is 0. The van der Waals surface area contributed by atoms with E-state index >= 15 is 0 Å². The summed E-state index contributed by atoms with van der Waals surface area (Å²) >= 11 is 3.50. The first kappa shape index (κ1) is 10.2. The van der Waals surface area contributed by atoms with Crippen LogP contribution in [0.25, 0.3) is 0 Å². The molecule has 0 N–H and O–H groups in total. The minimum Gasteiger partial charge on any atom is -0.0928 e. The lowest BCUT2D eigenvalue weighted by Gasteiger charge is -2.19. The molecule has 2 rings (SSSR count). The first-order chi connectivity index (χ1) is 6.92. The van der Waals surface area contributed by atoms with Crippen LogP contribution in [-0.4, -0.2) is 5.33 Å². The van der Waals surface area contributed by atoms with Crippen molar-refractivity contribution in [3.8, 4) is 0 Å². The third kappa shape index (κ3) is 2.20. The van der Waals surface area contributed by atoms with Crippen molar-refractivity contribution in [1.29, 1.82) is 0 Å². The summed E-state index contributed by atoms with van der Waals surface area (Å²) in [7, 11) is 0. The highest BCUT2D eigenvalue weighted by atomic mass is 79.9. The second-order valence-corrected chi connectivity index (χ2v) is 4.85. The number of benzene rings is 1. The highest BCUT2D eigenvalue weighted by Gasteiger charge is 2.11.